The lowest BCUT2D eigenvalue weighted by Gasteiger charge is -2.35. The highest BCUT2D eigenvalue weighted by molar-refractivity contribution is 7.93. The molecule has 1 aliphatic heterocycles. The maximum atomic E-state index is 14.4. The van der Waals surface area contributed by atoms with Gasteiger partial charge in [0.25, 0.3) is 10.0 Å². The van der Waals surface area contributed by atoms with E-state index < -0.39 is 27.9 Å². The van der Waals surface area contributed by atoms with Crippen LogP contribution in [0, 0.1) is 5.82 Å². The van der Waals surface area contributed by atoms with Gasteiger partial charge in [-0.15, -0.1) is 0 Å². The van der Waals surface area contributed by atoms with Crippen LogP contribution in [0.3, 0.4) is 0 Å². The van der Waals surface area contributed by atoms with Crippen molar-refractivity contribution in [3.8, 4) is 5.88 Å². The second-order valence-electron chi connectivity index (χ2n) is 5.62. The fourth-order valence-electron chi connectivity index (χ4n) is 2.85. The zero-order chi connectivity index (χ0) is 18.4. The molecule has 0 saturated carbocycles. The Morgan fingerprint density at radius 3 is 2.68 bits per heavy atom. The van der Waals surface area contributed by atoms with Gasteiger partial charge in [0.1, 0.15) is 10.7 Å². The Hall–Kier alpha value is -2.68. The maximum absolute atomic E-state index is 14.4. The van der Waals surface area contributed by atoms with Gasteiger partial charge in [-0.2, -0.15) is 0 Å². The van der Waals surface area contributed by atoms with E-state index in [4.69, 9.17) is 9.84 Å². The molecule has 3 rings (SSSR count). The van der Waals surface area contributed by atoms with E-state index in [0.29, 0.717) is 11.6 Å². The Morgan fingerprint density at radius 1 is 1.36 bits per heavy atom. The highest BCUT2D eigenvalue weighted by Crippen LogP contribution is 2.35. The molecule has 0 aliphatic carbocycles. The highest BCUT2D eigenvalue weighted by atomic mass is 32.2. The molecule has 7 nitrogen and oxygen atoms in total. The third-order valence-electron chi connectivity index (χ3n) is 3.97. The number of hydrogen-bond acceptors (Lipinski definition) is 5. The molecule has 1 aromatic heterocycles. The molecular formula is C16H15FN2O5S. The number of carboxylic acid groups (broad SMARTS) is 1. The zero-order valence-corrected chi connectivity index (χ0v) is 14.2. The molecule has 0 amide bonds. The summed E-state index contributed by atoms with van der Waals surface area (Å²) >= 11 is 0. The van der Waals surface area contributed by atoms with Crippen LogP contribution in [-0.2, 0) is 16.4 Å². The molecular weight excluding hydrogens is 351 g/mol. The van der Waals surface area contributed by atoms with Crippen LogP contribution in [0.25, 0.3) is 0 Å². The predicted molar refractivity (Wildman–Crippen MR) is 87.0 cm³/mol. The topological polar surface area (TPSA) is 96.8 Å². The molecule has 0 saturated heterocycles. The lowest BCUT2D eigenvalue weighted by molar-refractivity contribution is 0.0696. The van der Waals surface area contributed by atoms with Gasteiger partial charge >= 0.3 is 5.97 Å². The van der Waals surface area contributed by atoms with E-state index in [9.17, 15) is 17.6 Å². The molecule has 25 heavy (non-hydrogen) atoms. The molecule has 2 heterocycles. The number of ether oxygens (including phenoxy) is 1. The van der Waals surface area contributed by atoms with Gasteiger partial charge in [0.05, 0.1) is 24.1 Å². The molecule has 1 atom stereocenters. The molecule has 1 aromatic carbocycles. The van der Waals surface area contributed by atoms with Gasteiger partial charge < -0.3 is 9.84 Å². The average molecular weight is 366 g/mol. The van der Waals surface area contributed by atoms with Gasteiger partial charge in [0.2, 0.25) is 5.88 Å². The van der Waals surface area contributed by atoms with Gasteiger partial charge in [-0.3, -0.25) is 4.31 Å². The Bertz CT molecular complexity index is 961. The fourth-order valence-corrected chi connectivity index (χ4v) is 4.69. The SMILES string of the molecule is COc1ccc2c(n1)CC(C)N(c1ccc(C(=O)O)cc1F)S2(=O)=O. The number of pyridine rings is 1. The van der Waals surface area contributed by atoms with Crippen molar-refractivity contribution in [3.63, 3.8) is 0 Å². The van der Waals surface area contributed by atoms with Crippen LogP contribution in [0.2, 0.25) is 0 Å². The summed E-state index contributed by atoms with van der Waals surface area (Å²) in [6.45, 7) is 1.63. The molecule has 1 unspecified atom stereocenters. The summed E-state index contributed by atoms with van der Waals surface area (Å²) in [5.41, 5.74) is -0.0975. The zero-order valence-electron chi connectivity index (χ0n) is 13.4. The predicted octanol–water partition coefficient (Wildman–Crippen LogP) is 2.07. The minimum Gasteiger partial charge on any atom is -0.481 e. The van der Waals surface area contributed by atoms with Gasteiger partial charge in [0, 0.05) is 18.5 Å². The average Bonchev–Trinajstić information content (AvgIpc) is 2.55. The Kier molecular flexibility index (Phi) is 4.11. The van der Waals surface area contributed by atoms with Crippen molar-refractivity contribution in [2.45, 2.75) is 24.3 Å². The number of methoxy groups -OCH3 is 1. The Balaban J connectivity index is 2.13. The van der Waals surface area contributed by atoms with Crippen LogP contribution in [0.15, 0.2) is 35.2 Å². The molecule has 132 valence electrons. The summed E-state index contributed by atoms with van der Waals surface area (Å²) in [5, 5.41) is 8.93. The van der Waals surface area contributed by atoms with Crippen molar-refractivity contribution < 1.29 is 27.4 Å². The first-order valence-electron chi connectivity index (χ1n) is 7.37. The number of hydrogen-bond donors (Lipinski definition) is 1. The van der Waals surface area contributed by atoms with Crippen LogP contribution in [-0.4, -0.2) is 37.6 Å². The molecule has 0 fully saturated rings. The van der Waals surface area contributed by atoms with E-state index in [1.807, 2.05) is 0 Å². The minimum absolute atomic E-state index is 0.0203. The number of benzene rings is 1. The van der Waals surface area contributed by atoms with E-state index in [1.165, 1.54) is 25.3 Å². The monoisotopic (exact) mass is 366 g/mol. The largest absolute Gasteiger partial charge is 0.481 e. The van der Waals surface area contributed by atoms with Crippen LogP contribution < -0.4 is 9.04 Å². The van der Waals surface area contributed by atoms with Crippen molar-refractivity contribution in [2.75, 3.05) is 11.4 Å². The van der Waals surface area contributed by atoms with E-state index in [2.05, 4.69) is 4.98 Å². The molecule has 0 bridgehead atoms. The normalized spacial score (nSPS) is 18.5. The third-order valence-corrected chi connectivity index (χ3v) is 5.98. The van der Waals surface area contributed by atoms with Gasteiger partial charge in [-0.05, 0) is 31.2 Å². The summed E-state index contributed by atoms with van der Waals surface area (Å²) in [6.07, 6.45) is 0.270. The number of anilines is 1. The maximum Gasteiger partial charge on any atom is 0.335 e. The summed E-state index contributed by atoms with van der Waals surface area (Å²) in [5.74, 6) is -1.91. The van der Waals surface area contributed by atoms with Gasteiger partial charge in [-0.1, -0.05) is 0 Å². The standard InChI is InChI=1S/C16H15FN2O5S/c1-9-7-12-14(5-6-15(18-12)24-2)25(22,23)19(9)13-4-3-10(16(20)21)8-11(13)17/h3-6,8-9H,7H2,1-2H3,(H,20,21). The number of halogens is 1. The Labute approximate surface area is 143 Å². The molecule has 0 radical (unpaired) electrons. The smallest absolute Gasteiger partial charge is 0.335 e. The summed E-state index contributed by atoms with van der Waals surface area (Å²) in [4.78, 5) is 15.1. The van der Waals surface area contributed by atoms with Crippen molar-refractivity contribution in [1.29, 1.82) is 0 Å². The number of aromatic nitrogens is 1. The summed E-state index contributed by atoms with van der Waals surface area (Å²) in [7, 11) is -2.61. The van der Waals surface area contributed by atoms with E-state index in [0.717, 1.165) is 16.4 Å². The van der Waals surface area contributed by atoms with Gasteiger partial charge in [-0.25, -0.2) is 22.6 Å². The summed E-state index contributed by atoms with van der Waals surface area (Å²) < 4.78 is 46.3. The quantitative estimate of drug-likeness (QED) is 0.893. The first-order valence-corrected chi connectivity index (χ1v) is 8.81. The fraction of sp³-hybridized carbons (Fsp3) is 0.250. The van der Waals surface area contributed by atoms with Crippen molar-refractivity contribution in [1.82, 2.24) is 4.98 Å². The lowest BCUT2D eigenvalue weighted by atomic mass is 10.1. The second-order valence-corrected chi connectivity index (χ2v) is 7.41. The highest BCUT2D eigenvalue weighted by Gasteiger charge is 2.38. The van der Waals surface area contributed by atoms with Crippen molar-refractivity contribution >= 4 is 21.7 Å². The first-order chi connectivity index (χ1) is 11.8. The molecule has 0 spiro atoms. The van der Waals surface area contributed by atoms with Crippen LogP contribution in [0.4, 0.5) is 10.1 Å². The molecule has 1 aliphatic rings. The number of sulfonamides is 1. The number of carboxylic acids is 1. The first kappa shape index (κ1) is 17.2. The Morgan fingerprint density at radius 2 is 2.08 bits per heavy atom. The van der Waals surface area contributed by atoms with E-state index in [1.54, 1.807) is 6.92 Å². The van der Waals surface area contributed by atoms with Crippen molar-refractivity contribution in [2.24, 2.45) is 0 Å². The van der Waals surface area contributed by atoms with Gasteiger partial charge in [0.15, 0.2) is 0 Å². The van der Waals surface area contributed by atoms with Crippen LogP contribution in [0.1, 0.15) is 23.0 Å². The van der Waals surface area contributed by atoms with Crippen LogP contribution in [0.5, 0.6) is 5.88 Å². The summed E-state index contributed by atoms with van der Waals surface area (Å²) in [6, 6.07) is 5.34. The number of rotatable bonds is 3. The van der Waals surface area contributed by atoms with E-state index >= 15 is 0 Å². The second kappa shape index (κ2) is 5.99. The number of nitrogens with zero attached hydrogens (tertiary/aromatic N) is 2. The lowest BCUT2D eigenvalue weighted by Crippen LogP contribution is -2.44. The number of fused-ring (bicyclic) bond motifs is 1. The minimum atomic E-state index is -4.04. The van der Waals surface area contributed by atoms with Crippen molar-refractivity contribution in [3.05, 3.63) is 47.4 Å². The third kappa shape index (κ3) is 2.80. The molecule has 9 heteroatoms. The van der Waals surface area contributed by atoms with E-state index in [-0.39, 0.29) is 22.6 Å². The molecule has 1 N–H and O–H groups in total. The number of aromatic carboxylic acids is 1. The number of carbonyl (C=O) groups is 1. The van der Waals surface area contributed by atoms with Crippen LogP contribution >= 0.6 is 0 Å². The molecule has 2 aromatic rings.